The Labute approximate surface area is 247 Å². The Morgan fingerprint density at radius 2 is 1.51 bits per heavy atom. The van der Waals surface area contributed by atoms with Crippen LogP contribution in [-0.2, 0) is 9.59 Å². The van der Waals surface area contributed by atoms with Crippen molar-refractivity contribution in [2.24, 2.45) is 10.8 Å². The fourth-order valence-electron chi connectivity index (χ4n) is 8.45. The van der Waals surface area contributed by atoms with E-state index in [2.05, 4.69) is 11.1 Å². The predicted molar refractivity (Wildman–Crippen MR) is 163 cm³/mol. The standard InChI is InChI=1S/C32H30Cl2N4O3/c1-16-10-36-28-24(39)7-23-27(25(16)28)18(9-34)12-38(23)30(41)32-13-31(14-32,15-32)29(40)37-11-17(8-33)26-20-5-3-2-4-19(20)21(35)6-22(26)37/h2-7,10,17-18,36,39H,8-9,11-15,35H2,1H3/t17-,18-,31?,32?/m1/s1. The molecule has 0 saturated heterocycles. The molecule has 5 aliphatic rings. The van der Waals surface area contributed by atoms with Gasteiger partial charge in [-0.2, -0.15) is 0 Å². The van der Waals surface area contributed by atoms with Crippen LogP contribution in [0, 0.1) is 17.8 Å². The first kappa shape index (κ1) is 25.3. The van der Waals surface area contributed by atoms with Crippen LogP contribution in [0.2, 0.25) is 0 Å². The van der Waals surface area contributed by atoms with E-state index in [0.717, 1.165) is 44.2 Å². The number of rotatable bonds is 4. The topological polar surface area (TPSA) is 103 Å². The van der Waals surface area contributed by atoms with Gasteiger partial charge in [-0.05, 0) is 54.3 Å². The summed E-state index contributed by atoms with van der Waals surface area (Å²) in [5.74, 6) is 1.02. The van der Waals surface area contributed by atoms with Crippen molar-refractivity contribution in [1.29, 1.82) is 0 Å². The lowest BCUT2D eigenvalue weighted by Crippen LogP contribution is -2.73. The van der Waals surface area contributed by atoms with Gasteiger partial charge in [0.15, 0.2) is 0 Å². The lowest BCUT2D eigenvalue weighted by atomic mass is 9.34. The van der Waals surface area contributed by atoms with Crippen LogP contribution in [0.4, 0.5) is 17.1 Å². The quantitative estimate of drug-likeness (QED) is 0.197. The zero-order valence-electron chi connectivity index (χ0n) is 22.6. The van der Waals surface area contributed by atoms with Crippen LogP contribution in [0.25, 0.3) is 21.7 Å². The second-order valence-corrected chi connectivity index (χ2v) is 13.2. The Morgan fingerprint density at radius 1 is 0.951 bits per heavy atom. The van der Waals surface area contributed by atoms with Crippen LogP contribution < -0.4 is 15.5 Å². The molecule has 41 heavy (non-hydrogen) atoms. The van der Waals surface area contributed by atoms with Gasteiger partial charge in [-0.15, -0.1) is 23.2 Å². The van der Waals surface area contributed by atoms with Crippen molar-refractivity contribution in [3.05, 3.63) is 59.3 Å². The van der Waals surface area contributed by atoms with Gasteiger partial charge in [0.05, 0.1) is 22.0 Å². The summed E-state index contributed by atoms with van der Waals surface area (Å²) in [7, 11) is 0. The second-order valence-electron chi connectivity index (χ2n) is 12.6. The summed E-state index contributed by atoms with van der Waals surface area (Å²) >= 11 is 12.8. The number of phenols is 1. The van der Waals surface area contributed by atoms with Gasteiger partial charge in [0, 0.05) is 71.1 Å². The van der Waals surface area contributed by atoms with Crippen molar-refractivity contribution < 1.29 is 14.7 Å². The van der Waals surface area contributed by atoms with Gasteiger partial charge in [-0.25, -0.2) is 0 Å². The number of H-pyrrole nitrogens is 1. The smallest absolute Gasteiger partial charge is 0.233 e. The normalized spacial score (nSPS) is 27.6. The lowest BCUT2D eigenvalue weighted by molar-refractivity contribution is -0.204. The minimum Gasteiger partial charge on any atom is -0.506 e. The molecular weight excluding hydrogens is 559 g/mol. The first-order chi connectivity index (χ1) is 19.7. The number of hydrogen-bond donors (Lipinski definition) is 3. The Morgan fingerprint density at radius 3 is 2.12 bits per heavy atom. The number of carbonyl (C=O) groups excluding carboxylic acids is 2. The SMILES string of the molecule is Cc1c[nH]c2c(O)cc3c(c12)[C@H](CCl)CN3C(=O)C12CC(C(=O)N3C[C@@H](CCl)c4c3cc(N)c3ccccc43)(C1)C2. The number of amides is 2. The number of halogens is 2. The number of nitrogen functional groups attached to an aromatic ring is 1. The van der Waals surface area contributed by atoms with Gasteiger partial charge in [-0.1, -0.05) is 24.3 Å². The summed E-state index contributed by atoms with van der Waals surface area (Å²) in [6, 6.07) is 11.6. The Bertz CT molecular complexity index is 1810. The molecule has 1 aromatic heterocycles. The van der Waals surface area contributed by atoms with E-state index in [1.807, 2.05) is 47.2 Å². The van der Waals surface area contributed by atoms with Crippen molar-refractivity contribution in [2.75, 3.05) is 40.4 Å². The molecule has 210 valence electrons. The first-order valence-corrected chi connectivity index (χ1v) is 15.2. The molecule has 3 aromatic carbocycles. The summed E-state index contributed by atoms with van der Waals surface area (Å²) in [5, 5.41) is 13.7. The third kappa shape index (κ3) is 3.11. The Kier molecular flexibility index (Phi) is 5.14. The van der Waals surface area contributed by atoms with Crippen molar-refractivity contribution in [2.45, 2.75) is 38.0 Å². The number of hydrogen-bond acceptors (Lipinski definition) is 4. The highest BCUT2D eigenvalue weighted by atomic mass is 35.5. The minimum absolute atomic E-state index is 0.0231. The second kappa shape index (κ2) is 8.33. The maximum absolute atomic E-state index is 14.1. The molecule has 2 atom stereocenters. The van der Waals surface area contributed by atoms with E-state index in [1.165, 1.54) is 0 Å². The molecule has 0 radical (unpaired) electrons. The molecule has 0 spiro atoms. The van der Waals surface area contributed by atoms with Crippen LogP contribution in [0.1, 0.15) is 47.8 Å². The number of aromatic amines is 1. The summed E-state index contributed by atoms with van der Waals surface area (Å²) in [6.45, 7) is 3.00. The molecule has 3 fully saturated rings. The maximum atomic E-state index is 14.1. The van der Waals surface area contributed by atoms with E-state index in [-0.39, 0.29) is 29.4 Å². The lowest BCUT2D eigenvalue weighted by Gasteiger charge is -2.69. The highest BCUT2D eigenvalue weighted by Gasteiger charge is 2.76. The van der Waals surface area contributed by atoms with Crippen LogP contribution in [-0.4, -0.2) is 46.8 Å². The molecular formula is C32H30Cl2N4O3. The number of nitrogens with zero attached hydrogens (tertiary/aromatic N) is 2. The van der Waals surface area contributed by atoms with E-state index in [1.54, 1.807) is 6.07 Å². The number of aromatic hydroxyl groups is 1. The Hall–Kier alpha value is -3.42. The number of anilines is 3. The van der Waals surface area contributed by atoms with Crippen LogP contribution in [0.5, 0.6) is 5.75 Å². The zero-order chi connectivity index (χ0) is 28.4. The van der Waals surface area contributed by atoms with Gasteiger partial charge >= 0.3 is 0 Å². The number of benzene rings is 3. The number of alkyl halides is 2. The zero-order valence-corrected chi connectivity index (χ0v) is 24.1. The third-order valence-electron chi connectivity index (χ3n) is 10.3. The third-order valence-corrected chi connectivity index (χ3v) is 11.0. The molecule has 2 aliphatic heterocycles. The first-order valence-electron chi connectivity index (χ1n) is 14.1. The van der Waals surface area contributed by atoms with Crippen molar-refractivity contribution in [3.8, 4) is 5.75 Å². The van der Waals surface area contributed by atoms with Crippen LogP contribution in [0.3, 0.4) is 0 Å². The molecule has 4 N–H and O–H groups in total. The predicted octanol–water partition coefficient (Wildman–Crippen LogP) is 6.13. The van der Waals surface area contributed by atoms with E-state index >= 15 is 0 Å². The average Bonchev–Trinajstić information content (AvgIpc) is 3.60. The molecule has 3 heterocycles. The number of nitrogens with two attached hydrogens (primary N) is 1. The van der Waals surface area contributed by atoms with Crippen LogP contribution in [0.15, 0.2) is 42.6 Å². The number of aryl methyl sites for hydroxylation is 1. The molecule has 0 unspecified atom stereocenters. The number of nitrogens with one attached hydrogen (secondary N) is 1. The number of aromatic nitrogens is 1. The molecule has 3 saturated carbocycles. The highest BCUT2D eigenvalue weighted by Crippen LogP contribution is 2.75. The van der Waals surface area contributed by atoms with E-state index in [0.29, 0.717) is 55.3 Å². The largest absolute Gasteiger partial charge is 0.506 e. The molecule has 2 bridgehead atoms. The molecule has 7 nitrogen and oxygen atoms in total. The molecule has 3 aliphatic carbocycles. The van der Waals surface area contributed by atoms with Gasteiger partial charge in [0.1, 0.15) is 5.75 Å². The molecule has 9 heteroatoms. The van der Waals surface area contributed by atoms with Gasteiger partial charge < -0.3 is 25.6 Å². The number of carbonyl (C=O) groups is 2. The number of fused-ring (bicyclic) bond motifs is 6. The Balaban J connectivity index is 1.08. The van der Waals surface area contributed by atoms with Crippen molar-refractivity contribution in [1.82, 2.24) is 4.98 Å². The fraction of sp³-hybridized carbons (Fsp3) is 0.375. The van der Waals surface area contributed by atoms with E-state index < -0.39 is 10.8 Å². The van der Waals surface area contributed by atoms with E-state index in [4.69, 9.17) is 28.9 Å². The summed E-state index contributed by atoms with van der Waals surface area (Å²) < 4.78 is 0. The van der Waals surface area contributed by atoms with Gasteiger partial charge in [-0.3, -0.25) is 9.59 Å². The maximum Gasteiger partial charge on any atom is 0.233 e. The van der Waals surface area contributed by atoms with Crippen molar-refractivity contribution >= 4 is 73.8 Å². The molecule has 4 aromatic rings. The fourth-order valence-corrected chi connectivity index (χ4v) is 8.95. The summed E-state index contributed by atoms with van der Waals surface area (Å²) in [4.78, 5) is 35.0. The summed E-state index contributed by atoms with van der Waals surface area (Å²) in [5.41, 5.74) is 11.4. The van der Waals surface area contributed by atoms with Crippen molar-refractivity contribution in [3.63, 3.8) is 0 Å². The molecule has 2 amide bonds. The van der Waals surface area contributed by atoms with E-state index in [9.17, 15) is 14.7 Å². The highest BCUT2D eigenvalue weighted by molar-refractivity contribution is 6.20. The summed E-state index contributed by atoms with van der Waals surface area (Å²) in [6.07, 6.45) is 3.48. The number of phenolic OH excluding ortho intramolecular Hbond substituents is 1. The minimum atomic E-state index is -0.553. The van der Waals surface area contributed by atoms with Crippen LogP contribution >= 0.6 is 23.2 Å². The monoisotopic (exact) mass is 588 g/mol. The van der Waals surface area contributed by atoms with Gasteiger partial charge in [0.25, 0.3) is 0 Å². The van der Waals surface area contributed by atoms with Gasteiger partial charge in [0.2, 0.25) is 11.8 Å². The average molecular weight is 590 g/mol. The molecule has 9 rings (SSSR count).